The third-order valence-corrected chi connectivity index (χ3v) is 3.59. The molecule has 0 aliphatic heterocycles. The van der Waals surface area contributed by atoms with Crippen LogP contribution >= 0.6 is 11.8 Å². The number of thioether (sulfide) groups is 1. The van der Waals surface area contributed by atoms with Crippen molar-refractivity contribution in [3.8, 4) is 0 Å². The number of rotatable bonds is 6. The van der Waals surface area contributed by atoms with Gasteiger partial charge in [-0.05, 0) is 13.8 Å². The van der Waals surface area contributed by atoms with Crippen LogP contribution in [0.5, 0.6) is 0 Å². The summed E-state index contributed by atoms with van der Waals surface area (Å²) in [6.07, 6.45) is 0. The molecule has 0 spiro atoms. The van der Waals surface area contributed by atoms with Crippen LogP contribution in [0.3, 0.4) is 0 Å². The van der Waals surface area contributed by atoms with Gasteiger partial charge in [-0.25, -0.2) is 0 Å². The summed E-state index contributed by atoms with van der Waals surface area (Å²) in [5.41, 5.74) is 10.8. The molecule has 0 radical (unpaired) electrons. The van der Waals surface area contributed by atoms with Crippen molar-refractivity contribution < 1.29 is 4.79 Å². The molecule has 1 amide bonds. The summed E-state index contributed by atoms with van der Waals surface area (Å²) in [6, 6.07) is 0.245. The van der Waals surface area contributed by atoms with Crippen LogP contribution in [-0.4, -0.2) is 26.4 Å². The topological polar surface area (TPSA) is 99.8 Å². The molecule has 1 heterocycles. The maximum atomic E-state index is 10.9. The summed E-state index contributed by atoms with van der Waals surface area (Å²) in [6.45, 7) is 6.25. The Hall–Kier alpha value is -1.08. The zero-order valence-corrected chi connectivity index (χ0v) is 11.2. The molecule has 17 heavy (non-hydrogen) atoms. The van der Waals surface area contributed by atoms with Crippen molar-refractivity contribution >= 4 is 17.7 Å². The number of amides is 1. The Morgan fingerprint density at radius 1 is 1.41 bits per heavy atom. The lowest BCUT2D eigenvalue weighted by Crippen LogP contribution is -2.22. The van der Waals surface area contributed by atoms with Gasteiger partial charge in [-0.1, -0.05) is 18.7 Å². The molecule has 0 saturated heterocycles. The fourth-order valence-electron chi connectivity index (χ4n) is 1.35. The van der Waals surface area contributed by atoms with E-state index in [0.717, 1.165) is 11.0 Å². The van der Waals surface area contributed by atoms with Gasteiger partial charge < -0.3 is 16.0 Å². The number of aromatic nitrogens is 3. The first-order valence-corrected chi connectivity index (χ1v) is 6.51. The van der Waals surface area contributed by atoms with E-state index in [4.69, 9.17) is 11.5 Å². The summed E-state index contributed by atoms with van der Waals surface area (Å²) in [7, 11) is 0. The molecular weight excluding hydrogens is 238 g/mol. The molecule has 0 saturated carbocycles. The molecule has 1 aromatic heterocycles. The lowest BCUT2D eigenvalue weighted by Gasteiger charge is -2.13. The minimum absolute atomic E-state index is 0.182. The second kappa shape index (κ2) is 6.02. The van der Waals surface area contributed by atoms with E-state index in [-0.39, 0.29) is 17.9 Å². The highest BCUT2D eigenvalue weighted by Gasteiger charge is 2.16. The second-order valence-electron chi connectivity index (χ2n) is 4.18. The van der Waals surface area contributed by atoms with Gasteiger partial charge in [0.05, 0.1) is 6.54 Å². The number of nitrogens with two attached hydrogens (primary N) is 2. The fraction of sp³-hybridized carbons (Fsp3) is 0.700. The number of hydrogen-bond acceptors (Lipinski definition) is 5. The highest BCUT2D eigenvalue weighted by Crippen LogP contribution is 2.23. The standard InChI is InChI=1S/C10H19N5OS/c1-6(2)15-8(4-11)13-14-10(15)17-5-7(3)9(12)16/h6-7H,4-5,11H2,1-3H3,(H2,12,16). The number of carbonyl (C=O) groups is 1. The number of hydrogen-bond donors (Lipinski definition) is 2. The minimum Gasteiger partial charge on any atom is -0.369 e. The summed E-state index contributed by atoms with van der Waals surface area (Å²) >= 11 is 1.48. The van der Waals surface area contributed by atoms with Crippen molar-refractivity contribution in [2.75, 3.05) is 5.75 Å². The first-order chi connectivity index (χ1) is 7.97. The summed E-state index contributed by atoms with van der Waals surface area (Å²) in [4.78, 5) is 10.9. The first kappa shape index (κ1) is 14.0. The molecule has 96 valence electrons. The quantitative estimate of drug-likeness (QED) is 0.724. The third kappa shape index (κ3) is 3.44. The van der Waals surface area contributed by atoms with Crippen LogP contribution in [0.25, 0.3) is 0 Å². The lowest BCUT2D eigenvalue weighted by atomic mass is 10.2. The SMILES string of the molecule is CC(CSc1nnc(CN)n1C(C)C)C(N)=O. The van der Waals surface area contributed by atoms with Gasteiger partial charge in [0.1, 0.15) is 5.82 Å². The van der Waals surface area contributed by atoms with Gasteiger partial charge >= 0.3 is 0 Å². The number of primary amides is 1. The van der Waals surface area contributed by atoms with Crippen molar-refractivity contribution in [3.05, 3.63) is 5.82 Å². The van der Waals surface area contributed by atoms with Crippen LogP contribution in [0.15, 0.2) is 5.16 Å². The maximum Gasteiger partial charge on any atom is 0.221 e. The molecule has 1 rings (SSSR count). The van der Waals surface area contributed by atoms with Crippen molar-refractivity contribution in [1.82, 2.24) is 14.8 Å². The molecular formula is C10H19N5OS. The molecule has 0 aromatic carbocycles. The Morgan fingerprint density at radius 2 is 2.06 bits per heavy atom. The van der Waals surface area contributed by atoms with E-state index in [1.807, 2.05) is 18.4 Å². The van der Waals surface area contributed by atoms with E-state index in [1.54, 1.807) is 6.92 Å². The van der Waals surface area contributed by atoms with E-state index >= 15 is 0 Å². The summed E-state index contributed by atoms with van der Waals surface area (Å²) in [5.74, 6) is 0.880. The predicted octanol–water partition coefficient (Wildman–Crippen LogP) is 0.531. The van der Waals surface area contributed by atoms with E-state index in [1.165, 1.54) is 11.8 Å². The molecule has 1 unspecified atom stereocenters. The van der Waals surface area contributed by atoms with Crippen molar-refractivity contribution in [1.29, 1.82) is 0 Å². The highest BCUT2D eigenvalue weighted by molar-refractivity contribution is 7.99. The Bertz CT molecular complexity index is 390. The Kier molecular flexibility index (Phi) is 4.95. The van der Waals surface area contributed by atoms with Crippen LogP contribution in [0.2, 0.25) is 0 Å². The van der Waals surface area contributed by atoms with Gasteiger partial charge in [0.15, 0.2) is 5.16 Å². The second-order valence-corrected chi connectivity index (χ2v) is 5.17. The van der Waals surface area contributed by atoms with Crippen LogP contribution in [0, 0.1) is 5.92 Å². The van der Waals surface area contributed by atoms with Gasteiger partial charge in [-0.15, -0.1) is 10.2 Å². The van der Waals surface area contributed by atoms with Crippen molar-refractivity contribution in [3.63, 3.8) is 0 Å². The van der Waals surface area contributed by atoms with Gasteiger partial charge in [0.25, 0.3) is 0 Å². The zero-order valence-electron chi connectivity index (χ0n) is 10.4. The summed E-state index contributed by atoms with van der Waals surface area (Å²) in [5, 5.41) is 8.90. The predicted molar refractivity (Wildman–Crippen MR) is 67.4 cm³/mol. The van der Waals surface area contributed by atoms with Crippen LogP contribution < -0.4 is 11.5 Å². The molecule has 1 aromatic rings. The highest BCUT2D eigenvalue weighted by atomic mass is 32.2. The molecule has 7 heteroatoms. The Balaban J connectivity index is 2.77. The molecule has 0 bridgehead atoms. The first-order valence-electron chi connectivity index (χ1n) is 5.53. The molecule has 6 nitrogen and oxygen atoms in total. The molecule has 0 fully saturated rings. The largest absolute Gasteiger partial charge is 0.369 e. The van der Waals surface area contributed by atoms with Crippen molar-refractivity contribution in [2.24, 2.45) is 17.4 Å². The normalized spacial score (nSPS) is 13.0. The van der Waals surface area contributed by atoms with Crippen molar-refractivity contribution in [2.45, 2.75) is 38.5 Å². The smallest absolute Gasteiger partial charge is 0.221 e. The van der Waals surface area contributed by atoms with Gasteiger partial charge in [-0.3, -0.25) is 4.79 Å². The summed E-state index contributed by atoms with van der Waals surface area (Å²) < 4.78 is 1.98. The third-order valence-electron chi connectivity index (χ3n) is 2.38. The molecule has 4 N–H and O–H groups in total. The monoisotopic (exact) mass is 257 g/mol. The number of carbonyl (C=O) groups excluding carboxylic acids is 1. The van der Waals surface area contributed by atoms with Gasteiger partial charge in [0.2, 0.25) is 5.91 Å². The lowest BCUT2D eigenvalue weighted by molar-refractivity contribution is -0.120. The van der Waals surface area contributed by atoms with Crippen LogP contribution in [-0.2, 0) is 11.3 Å². The molecule has 0 aliphatic rings. The average molecular weight is 257 g/mol. The Labute approximate surface area is 105 Å². The van der Waals surface area contributed by atoms with Crippen LogP contribution in [0.1, 0.15) is 32.6 Å². The molecule has 0 aliphatic carbocycles. The minimum atomic E-state index is -0.299. The van der Waals surface area contributed by atoms with Gasteiger partial charge in [-0.2, -0.15) is 0 Å². The van der Waals surface area contributed by atoms with E-state index in [0.29, 0.717) is 12.3 Å². The fourth-order valence-corrected chi connectivity index (χ4v) is 2.46. The maximum absolute atomic E-state index is 10.9. The average Bonchev–Trinajstić information content (AvgIpc) is 2.68. The van der Waals surface area contributed by atoms with Gasteiger partial charge in [0, 0.05) is 17.7 Å². The Morgan fingerprint density at radius 3 is 2.53 bits per heavy atom. The van der Waals surface area contributed by atoms with E-state index < -0.39 is 0 Å². The zero-order chi connectivity index (χ0) is 13.0. The number of nitrogens with zero attached hydrogens (tertiary/aromatic N) is 3. The molecule has 1 atom stereocenters. The van der Waals surface area contributed by atoms with Crippen LogP contribution in [0.4, 0.5) is 0 Å². The van der Waals surface area contributed by atoms with E-state index in [2.05, 4.69) is 10.2 Å². The van der Waals surface area contributed by atoms with E-state index in [9.17, 15) is 4.79 Å².